The monoisotopic (exact) mass is 305 g/mol. The Morgan fingerprint density at radius 1 is 1.52 bits per heavy atom. The number of nitrogens with zero attached hydrogens (tertiary/aromatic N) is 1. The summed E-state index contributed by atoms with van der Waals surface area (Å²) in [6, 6.07) is 7.59. The van der Waals surface area contributed by atoms with Crippen molar-refractivity contribution in [1.29, 1.82) is 5.26 Å². The summed E-state index contributed by atoms with van der Waals surface area (Å²) in [5, 5.41) is 12.1. The number of carbonyl (C=O) groups excluding carboxylic acids is 1. The lowest BCUT2D eigenvalue weighted by molar-refractivity contribution is -0.119. The molecule has 0 saturated heterocycles. The maximum atomic E-state index is 12.1. The van der Waals surface area contributed by atoms with E-state index < -0.39 is 5.54 Å². The van der Waals surface area contributed by atoms with Crippen molar-refractivity contribution in [1.82, 2.24) is 5.32 Å². The highest BCUT2D eigenvalue weighted by Gasteiger charge is 2.35. The van der Waals surface area contributed by atoms with E-state index in [0.29, 0.717) is 11.4 Å². The molecule has 1 aliphatic rings. The topological polar surface area (TPSA) is 88.1 Å². The number of anilines is 1. The summed E-state index contributed by atoms with van der Waals surface area (Å²) >= 11 is 1.38. The minimum atomic E-state index is -0.664. The number of ether oxygens (including phenoxy) is 1. The molecule has 1 aliphatic carbocycles. The fourth-order valence-corrected chi connectivity index (χ4v) is 3.30. The van der Waals surface area contributed by atoms with Crippen molar-refractivity contribution in [2.45, 2.75) is 36.1 Å². The molecule has 1 aromatic carbocycles. The number of hydrogen-bond acceptors (Lipinski definition) is 5. The molecule has 1 saturated carbocycles. The summed E-state index contributed by atoms with van der Waals surface area (Å²) in [5.41, 5.74) is 5.66. The number of benzene rings is 1. The van der Waals surface area contributed by atoms with E-state index in [1.54, 1.807) is 19.2 Å². The molecular formula is C15H19N3O2S. The van der Waals surface area contributed by atoms with Gasteiger partial charge in [0.2, 0.25) is 5.91 Å². The lowest BCUT2D eigenvalue weighted by Crippen LogP contribution is -2.45. The molecule has 1 amide bonds. The van der Waals surface area contributed by atoms with Gasteiger partial charge in [-0.1, -0.05) is 0 Å². The summed E-state index contributed by atoms with van der Waals surface area (Å²) in [6.45, 7) is 0. The molecule has 1 fully saturated rings. The first kappa shape index (κ1) is 15.5. The number of hydrogen-bond donors (Lipinski definition) is 2. The van der Waals surface area contributed by atoms with Gasteiger partial charge in [-0.2, -0.15) is 5.26 Å². The quantitative estimate of drug-likeness (QED) is 0.644. The Balaban J connectivity index is 1.94. The van der Waals surface area contributed by atoms with E-state index in [1.807, 2.05) is 6.07 Å². The largest absolute Gasteiger partial charge is 0.496 e. The van der Waals surface area contributed by atoms with Gasteiger partial charge in [0.1, 0.15) is 11.3 Å². The third-order valence-corrected chi connectivity index (χ3v) is 4.65. The minimum absolute atomic E-state index is 0.123. The number of nitriles is 1. The molecule has 112 valence electrons. The fourth-order valence-electron chi connectivity index (χ4n) is 2.49. The first-order valence-electron chi connectivity index (χ1n) is 6.87. The zero-order valence-electron chi connectivity index (χ0n) is 12.0. The van der Waals surface area contributed by atoms with Gasteiger partial charge in [0.05, 0.1) is 18.9 Å². The van der Waals surface area contributed by atoms with Gasteiger partial charge in [-0.15, -0.1) is 11.8 Å². The molecule has 0 spiro atoms. The lowest BCUT2D eigenvalue weighted by Gasteiger charge is -2.21. The lowest BCUT2D eigenvalue weighted by atomic mass is 10.0. The first-order chi connectivity index (χ1) is 10.1. The molecular weight excluding hydrogens is 286 g/mol. The highest BCUT2D eigenvalue weighted by molar-refractivity contribution is 8.00. The van der Waals surface area contributed by atoms with E-state index in [-0.39, 0.29) is 11.7 Å². The molecule has 21 heavy (non-hydrogen) atoms. The zero-order valence-corrected chi connectivity index (χ0v) is 12.8. The van der Waals surface area contributed by atoms with Crippen molar-refractivity contribution >= 4 is 23.4 Å². The molecule has 0 aromatic heterocycles. The molecule has 0 aliphatic heterocycles. The number of nitrogen functional groups attached to an aromatic ring is 1. The van der Waals surface area contributed by atoms with Crippen LogP contribution in [0.25, 0.3) is 0 Å². The Kier molecular flexibility index (Phi) is 4.97. The normalized spacial score (nSPS) is 16.2. The number of nitrogens with two attached hydrogens (primary N) is 1. The predicted octanol–water partition coefficient (Wildman–Crippen LogP) is 2.32. The molecule has 1 aromatic rings. The number of thioether (sulfide) groups is 1. The molecule has 0 unspecified atom stereocenters. The summed E-state index contributed by atoms with van der Waals surface area (Å²) in [5.74, 6) is 0.787. The maximum absolute atomic E-state index is 12.1. The summed E-state index contributed by atoms with van der Waals surface area (Å²) in [4.78, 5) is 12.9. The van der Waals surface area contributed by atoms with Crippen LogP contribution in [0.5, 0.6) is 5.75 Å². The van der Waals surface area contributed by atoms with Gasteiger partial charge >= 0.3 is 0 Å². The van der Waals surface area contributed by atoms with Gasteiger partial charge < -0.3 is 15.8 Å². The third kappa shape index (κ3) is 3.82. The van der Waals surface area contributed by atoms with Gasteiger partial charge in [0.25, 0.3) is 0 Å². The third-order valence-electron chi connectivity index (χ3n) is 3.60. The highest BCUT2D eigenvalue weighted by Crippen LogP contribution is 2.32. The van der Waals surface area contributed by atoms with Crippen LogP contribution in [0.15, 0.2) is 23.1 Å². The number of rotatable bonds is 5. The van der Waals surface area contributed by atoms with Crippen LogP contribution >= 0.6 is 11.8 Å². The van der Waals surface area contributed by atoms with Crippen LogP contribution in [-0.4, -0.2) is 24.3 Å². The van der Waals surface area contributed by atoms with Crippen molar-refractivity contribution in [3.8, 4) is 11.8 Å². The summed E-state index contributed by atoms with van der Waals surface area (Å²) in [6.07, 6.45) is 3.47. The van der Waals surface area contributed by atoms with Crippen LogP contribution in [-0.2, 0) is 4.79 Å². The molecule has 0 bridgehead atoms. The number of amides is 1. The minimum Gasteiger partial charge on any atom is -0.496 e. The molecule has 2 rings (SSSR count). The predicted molar refractivity (Wildman–Crippen MR) is 83.1 cm³/mol. The Morgan fingerprint density at radius 3 is 2.86 bits per heavy atom. The Morgan fingerprint density at radius 2 is 2.24 bits per heavy atom. The zero-order chi connectivity index (χ0) is 15.3. The Hall–Kier alpha value is -1.87. The van der Waals surface area contributed by atoms with Gasteiger partial charge in [-0.3, -0.25) is 4.79 Å². The van der Waals surface area contributed by atoms with E-state index in [4.69, 9.17) is 10.5 Å². The van der Waals surface area contributed by atoms with Crippen LogP contribution in [0, 0.1) is 11.3 Å². The smallest absolute Gasteiger partial charge is 0.231 e. The summed E-state index contributed by atoms with van der Waals surface area (Å²) < 4.78 is 5.25. The fraction of sp³-hybridized carbons (Fsp3) is 0.467. The van der Waals surface area contributed by atoms with Crippen molar-refractivity contribution in [2.24, 2.45) is 0 Å². The van der Waals surface area contributed by atoms with Crippen molar-refractivity contribution in [2.75, 3.05) is 18.6 Å². The van der Waals surface area contributed by atoms with E-state index in [0.717, 1.165) is 30.6 Å². The number of carbonyl (C=O) groups is 1. The van der Waals surface area contributed by atoms with Crippen molar-refractivity contribution in [3.05, 3.63) is 18.2 Å². The van der Waals surface area contributed by atoms with E-state index >= 15 is 0 Å². The van der Waals surface area contributed by atoms with Crippen LogP contribution < -0.4 is 15.8 Å². The highest BCUT2D eigenvalue weighted by atomic mass is 32.2. The molecule has 3 N–H and O–H groups in total. The van der Waals surface area contributed by atoms with Crippen LogP contribution in [0.1, 0.15) is 25.7 Å². The second-order valence-corrected chi connectivity index (χ2v) is 6.17. The van der Waals surface area contributed by atoms with Crippen LogP contribution in [0.3, 0.4) is 0 Å². The molecule has 0 radical (unpaired) electrons. The van der Waals surface area contributed by atoms with Crippen molar-refractivity contribution < 1.29 is 9.53 Å². The first-order valence-corrected chi connectivity index (χ1v) is 7.86. The van der Waals surface area contributed by atoms with Gasteiger partial charge in [0.15, 0.2) is 0 Å². The second kappa shape index (κ2) is 6.72. The number of methoxy groups -OCH3 is 1. The molecule has 6 heteroatoms. The van der Waals surface area contributed by atoms with Crippen molar-refractivity contribution in [3.63, 3.8) is 0 Å². The summed E-state index contributed by atoms with van der Waals surface area (Å²) in [7, 11) is 1.57. The number of nitrogens with one attached hydrogen (secondary N) is 1. The standard InChI is InChI=1S/C15H19N3O2S/c1-20-12-8-11(17)4-5-13(12)21-9-14(19)18-15(10-16)6-2-3-7-15/h4-5,8H,2-3,6-7,9,17H2,1H3,(H,18,19). The van der Waals surface area contributed by atoms with Gasteiger partial charge in [-0.05, 0) is 37.8 Å². The molecule has 5 nitrogen and oxygen atoms in total. The van der Waals surface area contributed by atoms with E-state index in [2.05, 4.69) is 11.4 Å². The average molecular weight is 305 g/mol. The van der Waals surface area contributed by atoms with E-state index in [9.17, 15) is 10.1 Å². The van der Waals surface area contributed by atoms with Gasteiger partial charge in [0, 0.05) is 16.6 Å². The van der Waals surface area contributed by atoms with Crippen LogP contribution in [0.2, 0.25) is 0 Å². The Labute approximate surface area is 128 Å². The molecule has 0 heterocycles. The second-order valence-electron chi connectivity index (χ2n) is 5.15. The maximum Gasteiger partial charge on any atom is 0.231 e. The van der Waals surface area contributed by atoms with Gasteiger partial charge in [-0.25, -0.2) is 0 Å². The Bertz CT molecular complexity index is 563. The molecule has 0 atom stereocenters. The van der Waals surface area contributed by atoms with Crippen LogP contribution in [0.4, 0.5) is 5.69 Å². The average Bonchev–Trinajstić information content (AvgIpc) is 2.94. The SMILES string of the molecule is COc1cc(N)ccc1SCC(=O)NC1(C#N)CCCC1. The van der Waals surface area contributed by atoms with E-state index in [1.165, 1.54) is 11.8 Å².